The van der Waals surface area contributed by atoms with E-state index >= 15 is 0 Å². The molecule has 3 saturated carbocycles. The van der Waals surface area contributed by atoms with Crippen LogP contribution in [-0.4, -0.2) is 76.9 Å². The number of hydrogen-bond donors (Lipinski definition) is 4. The van der Waals surface area contributed by atoms with Crippen LogP contribution in [0.15, 0.2) is 60.7 Å². The Kier molecular flexibility index (Phi) is 10.7. The lowest BCUT2D eigenvalue weighted by atomic mass is 9.89. The van der Waals surface area contributed by atoms with Gasteiger partial charge in [-0.1, -0.05) is 74.2 Å². The fraction of sp³-hybridized carbons (Fsp3) is 0.538. The van der Waals surface area contributed by atoms with Gasteiger partial charge in [-0.3, -0.25) is 19.2 Å². The van der Waals surface area contributed by atoms with E-state index in [4.69, 9.17) is 0 Å². The van der Waals surface area contributed by atoms with E-state index in [0.717, 1.165) is 55.0 Å². The molecule has 0 bridgehead atoms. The van der Waals surface area contributed by atoms with Crippen molar-refractivity contribution in [2.75, 3.05) is 14.1 Å². The average Bonchev–Trinajstić information content (AvgIpc) is 3.85. The van der Waals surface area contributed by atoms with Gasteiger partial charge in [-0.15, -0.1) is 0 Å². The normalized spacial score (nSPS) is 24.0. The van der Waals surface area contributed by atoms with Crippen LogP contribution in [0.2, 0.25) is 0 Å². The molecule has 0 radical (unpaired) electrons. The first-order valence-electron chi connectivity index (χ1n) is 18.1. The summed E-state index contributed by atoms with van der Waals surface area (Å²) in [5.41, 5.74) is 1.24. The summed E-state index contributed by atoms with van der Waals surface area (Å²) in [5.74, 6) is -0.977. The van der Waals surface area contributed by atoms with Gasteiger partial charge in [-0.25, -0.2) is 0 Å². The smallest absolute Gasteiger partial charge is 0.268 e. The summed E-state index contributed by atoms with van der Waals surface area (Å²) >= 11 is 0. The fourth-order valence-electron chi connectivity index (χ4n) is 8.38. The maximum Gasteiger partial charge on any atom is 0.268 e. The van der Waals surface area contributed by atoms with Crippen LogP contribution in [0.3, 0.4) is 0 Å². The summed E-state index contributed by atoms with van der Waals surface area (Å²) in [7, 11) is 6.01. The Labute approximate surface area is 289 Å². The van der Waals surface area contributed by atoms with Gasteiger partial charge in [0.05, 0.1) is 0 Å². The second kappa shape index (κ2) is 15.2. The first-order chi connectivity index (χ1) is 23.6. The second-order valence-electron chi connectivity index (χ2n) is 14.8. The first-order valence-corrected chi connectivity index (χ1v) is 18.1. The molecule has 1 heterocycles. The zero-order valence-electron chi connectivity index (χ0n) is 29.2. The lowest BCUT2D eigenvalue weighted by Crippen LogP contribution is -2.61. The number of likely N-dealkylation sites (N-methyl/N-ethyl adjacent to an activating group) is 1. The quantitative estimate of drug-likeness (QED) is 0.244. The number of nitrogens with one attached hydrogen (secondary N) is 4. The molecule has 0 saturated heterocycles. The highest BCUT2D eigenvalue weighted by atomic mass is 16.2. The second-order valence-corrected chi connectivity index (χ2v) is 14.8. The lowest BCUT2D eigenvalue weighted by molar-refractivity contribution is -0.132. The lowest BCUT2D eigenvalue weighted by Gasteiger charge is -2.37. The minimum Gasteiger partial charge on any atom is -0.352 e. The number of aryl methyl sites for hydroxylation is 1. The number of carbonyl (C=O) groups excluding carboxylic acids is 4. The number of carbonyl (C=O) groups is 4. The molecule has 3 aromatic rings. The molecule has 3 aliphatic rings. The number of benzene rings is 2. The number of fused-ring (bicyclic) bond motifs is 1. The Hall–Kier alpha value is -4.18. The highest BCUT2D eigenvalue weighted by Gasteiger charge is 2.44. The molecule has 3 aliphatic carbocycles. The third kappa shape index (κ3) is 7.85. The van der Waals surface area contributed by atoms with Gasteiger partial charge in [0.15, 0.2) is 0 Å². The van der Waals surface area contributed by atoms with Gasteiger partial charge < -0.3 is 30.7 Å². The van der Waals surface area contributed by atoms with Crippen LogP contribution in [-0.2, 0) is 27.9 Å². The Bertz CT molecular complexity index is 1650. The standard InChI is InChI=1S/C39H52N6O4/c1-44(2)33-18-10-8-16-30(33)41-35(46)28-19-20-29(24-28)40-36(47)31(23-26-13-5-4-6-14-26)42-38(49)39(21-11-12-22-39)43-37(48)34-25-27-15-7-9-17-32(27)45(34)3/h4-7,9,13-15,17,25,28-31,33H,8,10-12,16,18-24H2,1-3H3,(H,40,47)(H,41,46)(H,42,49)(H,43,48)/t28-,29+,30+,31-,33+/m1/s1. The van der Waals surface area contributed by atoms with Crippen LogP contribution in [0.25, 0.3) is 10.9 Å². The molecule has 5 atom stereocenters. The molecular formula is C39H52N6O4. The molecule has 6 rings (SSSR count). The fourth-order valence-corrected chi connectivity index (χ4v) is 8.38. The van der Waals surface area contributed by atoms with Crippen LogP contribution in [0.4, 0.5) is 0 Å². The Balaban J connectivity index is 1.12. The van der Waals surface area contributed by atoms with Crippen molar-refractivity contribution < 1.29 is 19.2 Å². The zero-order valence-corrected chi connectivity index (χ0v) is 29.2. The summed E-state index contributed by atoms with van der Waals surface area (Å²) in [5, 5.41) is 13.6. The van der Waals surface area contributed by atoms with Gasteiger partial charge in [0, 0.05) is 48.4 Å². The molecule has 0 spiro atoms. The highest BCUT2D eigenvalue weighted by molar-refractivity contribution is 6.02. The molecule has 262 valence electrons. The van der Waals surface area contributed by atoms with Gasteiger partial charge in [0.25, 0.3) is 5.91 Å². The monoisotopic (exact) mass is 668 g/mol. The third-order valence-corrected chi connectivity index (χ3v) is 11.2. The van der Waals surface area contributed by atoms with Crippen molar-refractivity contribution in [1.82, 2.24) is 30.7 Å². The van der Waals surface area contributed by atoms with Crippen molar-refractivity contribution in [3.63, 3.8) is 0 Å². The number of hydrogen-bond acceptors (Lipinski definition) is 5. The topological polar surface area (TPSA) is 125 Å². The highest BCUT2D eigenvalue weighted by Crippen LogP contribution is 2.32. The van der Waals surface area contributed by atoms with Gasteiger partial charge >= 0.3 is 0 Å². The first kappa shape index (κ1) is 34.7. The van der Waals surface area contributed by atoms with Crippen LogP contribution in [0.1, 0.15) is 86.7 Å². The van der Waals surface area contributed by atoms with Gasteiger partial charge in [0.2, 0.25) is 17.7 Å². The van der Waals surface area contributed by atoms with Gasteiger partial charge in [-0.05, 0) is 76.7 Å². The predicted octanol–water partition coefficient (Wildman–Crippen LogP) is 4.22. The van der Waals surface area contributed by atoms with E-state index in [0.29, 0.717) is 43.8 Å². The summed E-state index contributed by atoms with van der Waals surface area (Å²) in [4.78, 5) is 57.3. The maximum atomic E-state index is 14.2. The maximum absolute atomic E-state index is 14.2. The molecule has 49 heavy (non-hydrogen) atoms. The number of aromatic nitrogens is 1. The van der Waals surface area contributed by atoms with Crippen LogP contribution in [0, 0.1) is 5.92 Å². The summed E-state index contributed by atoms with van der Waals surface area (Å²) in [6, 6.07) is 18.8. The minimum absolute atomic E-state index is 0.0784. The average molecular weight is 669 g/mol. The Morgan fingerprint density at radius 3 is 2.33 bits per heavy atom. The van der Waals surface area contributed by atoms with Crippen molar-refractivity contribution in [2.24, 2.45) is 13.0 Å². The zero-order chi connectivity index (χ0) is 34.5. The number of nitrogens with zero attached hydrogens (tertiary/aromatic N) is 2. The van der Waals surface area contributed by atoms with Crippen molar-refractivity contribution in [3.05, 3.63) is 71.9 Å². The van der Waals surface area contributed by atoms with Gasteiger partial charge in [-0.2, -0.15) is 0 Å². The van der Waals surface area contributed by atoms with Crippen LogP contribution in [0.5, 0.6) is 0 Å². The van der Waals surface area contributed by atoms with Crippen LogP contribution < -0.4 is 21.3 Å². The van der Waals surface area contributed by atoms with E-state index < -0.39 is 11.6 Å². The number of rotatable bonds is 11. The molecule has 10 nitrogen and oxygen atoms in total. The molecule has 4 amide bonds. The summed E-state index contributed by atoms with van der Waals surface area (Å²) in [6.45, 7) is 0. The van der Waals surface area contributed by atoms with Crippen molar-refractivity contribution in [3.8, 4) is 0 Å². The molecule has 3 fully saturated rings. The largest absolute Gasteiger partial charge is 0.352 e. The van der Waals surface area contributed by atoms with Crippen molar-refractivity contribution >= 4 is 34.5 Å². The van der Waals surface area contributed by atoms with E-state index in [1.165, 1.54) is 6.42 Å². The van der Waals surface area contributed by atoms with E-state index in [1.54, 1.807) is 0 Å². The molecule has 10 heteroatoms. The molecular weight excluding hydrogens is 616 g/mol. The van der Waals surface area contributed by atoms with E-state index in [9.17, 15) is 19.2 Å². The SMILES string of the molecule is CN(C)[C@H]1CCCC[C@@H]1NC(=O)[C@@H]1CC[C@H](NC(=O)[C@@H](Cc2ccccc2)NC(=O)C2(NC(=O)c3cc4ccccc4n3C)CCCC2)C1. The number of amides is 4. The summed E-state index contributed by atoms with van der Waals surface area (Å²) < 4.78 is 1.85. The third-order valence-electron chi connectivity index (χ3n) is 11.2. The van der Waals surface area contributed by atoms with Crippen molar-refractivity contribution in [1.29, 1.82) is 0 Å². The Morgan fingerprint density at radius 1 is 0.878 bits per heavy atom. The molecule has 0 aliphatic heterocycles. The molecule has 4 N–H and O–H groups in total. The molecule has 0 unspecified atom stereocenters. The molecule has 2 aromatic carbocycles. The van der Waals surface area contributed by atoms with E-state index in [1.807, 2.05) is 72.3 Å². The molecule has 1 aromatic heterocycles. The van der Waals surface area contributed by atoms with Gasteiger partial charge in [0.1, 0.15) is 17.3 Å². The summed E-state index contributed by atoms with van der Waals surface area (Å²) in [6.07, 6.45) is 9.33. The van der Waals surface area contributed by atoms with Crippen LogP contribution >= 0.6 is 0 Å². The predicted molar refractivity (Wildman–Crippen MR) is 191 cm³/mol. The minimum atomic E-state index is -1.11. The van der Waals surface area contributed by atoms with E-state index in [-0.39, 0.29) is 41.6 Å². The Morgan fingerprint density at radius 2 is 1.59 bits per heavy atom. The van der Waals surface area contributed by atoms with E-state index in [2.05, 4.69) is 40.3 Å². The number of para-hydroxylation sites is 1. The van der Waals surface area contributed by atoms with Crippen molar-refractivity contribution in [2.45, 2.75) is 107 Å².